The molecule has 0 amide bonds. The summed E-state index contributed by atoms with van der Waals surface area (Å²) in [6, 6.07) is 14.2. The quantitative estimate of drug-likeness (QED) is 0.701. The zero-order valence-electron chi connectivity index (χ0n) is 14.5. The molecule has 0 atom stereocenters. The molecule has 1 saturated heterocycles. The van der Waals surface area contributed by atoms with Gasteiger partial charge in [-0.25, -0.2) is 4.98 Å². The summed E-state index contributed by atoms with van der Waals surface area (Å²) in [5.74, 6) is 0.703. The summed E-state index contributed by atoms with van der Waals surface area (Å²) in [5.41, 5.74) is 2.76. The van der Waals surface area contributed by atoms with Crippen molar-refractivity contribution in [1.82, 2.24) is 9.88 Å². The van der Waals surface area contributed by atoms with E-state index in [-0.39, 0.29) is 0 Å². The maximum absolute atomic E-state index is 9.34. The second kappa shape index (κ2) is 7.73. The van der Waals surface area contributed by atoms with Crippen LogP contribution in [0.3, 0.4) is 0 Å². The van der Waals surface area contributed by atoms with Crippen LogP contribution >= 0.6 is 11.3 Å². The van der Waals surface area contributed by atoms with Gasteiger partial charge in [-0.2, -0.15) is 5.26 Å². The van der Waals surface area contributed by atoms with Crippen molar-refractivity contribution < 1.29 is 4.42 Å². The predicted molar refractivity (Wildman–Crippen MR) is 103 cm³/mol. The summed E-state index contributed by atoms with van der Waals surface area (Å²) in [4.78, 5) is 10.4. The Bertz CT molecular complexity index is 897. The van der Waals surface area contributed by atoms with Crippen molar-refractivity contribution in [3.63, 3.8) is 0 Å². The highest BCUT2D eigenvalue weighted by Gasteiger charge is 2.18. The van der Waals surface area contributed by atoms with E-state index in [0.717, 1.165) is 61.0 Å². The van der Waals surface area contributed by atoms with Crippen molar-refractivity contribution in [3.05, 3.63) is 59.3 Å². The number of anilines is 1. The molecule has 0 N–H and O–H groups in total. The number of thiophene rings is 1. The molecule has 132 valence electrons. The van der Waals surface area contributed by atoms with Gasteiger partial charge in [0, 0.05) is 32.7 Å². The van der Waals surface area contributed by atoms with Crippen molar-refractivity contribution in [3.8, 4) is 16.8 Å². The number of hydrogen-bond acceptors (Lipinski definition) is 6. The number of rotatable bonds is 4. The lowest BCUT2D eigenvalue weighted by Gasteiger charge is -2.24. The number of para-hydroxylation sites is 1. The van der Waals surface area contributed by atoms with Gasteiger partial charge >= 0.3 is 0 Å². The lowest BCUT2D eigenvalue weighted by Crippen LogP contribution is -2.30. The summed E-state index contributed by atoms with van der Waals surface area (Å²) >= 11 is 1.64. The van der Waals surface area contributed by atoms with E-state index >= 15 is 0 Å². The summed E-state index contributed by atoms with van der Waals surface area (Å²) in [5, 5.41) is 11.4. The normalized spacial score (nSPS) is 15.6. The first-order chi connectivity index (χ1) is 12.8. The molecule has 0 spiro atoms. The SMILES string of the molecule is N#Cc1ccccc1N1CCCN(Cc2coc(-c3cccs3)n2)CC1. The molecule has 3 heterocycles. The average Bonchev–Trinajstić information content (AvgIpc) is 3.31. The van der Waals surface area contributed by atoms with Crippen molar-refractivity contribution in [2.45, 2.75) is 13.0 Å². The predicted octanol–water partition coefficient (Wildman–Crippen LogP) is 3.99. The summed E-state index contributed by atoms with van der Waals surface area (Å²) in [6.45, 7) is 4.64. The lowest BCUT2D eigenvalue weighted by molar-refractivity contribution is 0.282. The average molecular weight is 364 g/mol. The molecule has 0 bridgehead atoms. The van der Waals surface area contributed by atoms with Crippen LogP contribution in [0.1, 0.15) is 17.7 Å². The molecule has 0 unspecified atom stereocenters. The highest BCUT2D eigenvalue weighted by atomic mass is 32.1. The third-order valence-corrected chi connectivity index (χ3v) is 5.48. The van der Waals surface area contributed by atoms with E-state index in [2.05, 4.69) is 20.9 Å². The Morgan fingerprint density at radius 2 is 2.04 bits per heavy atom. The minimum atomic E-state index is 0.703. The van der Waals surface area contributed by atoms with E-state index < -0.39 is 0 Å². The van der Waals surface area contributed by atoms with Crippen molar-refractivity contribution in [1.29, 1.82) is 5.26 Å². The zero-order chi connectivity index (χ0) is 17.8. The number of nitrogens with zero attached hydrogens (tertiary/aromatic N) is 4. The van der Waals surface area contributed by atoms with Crippen LogP contribution in [0.2, 0.25) is 0 Å². The molecule has 3 aromatic rings. The van der Waals surface area contributed by atoms with E-state index in [1.807, 2.05) is 41.8 Å². The highest BCUT2D eigenvalue weighted by molar-refractivity contribution is 7.13. The smallest absolute Gasteiger partial charge is 0.236 e. The topological polar surface area (TPSA) is 56.3 Å². The monoisotopic (exact) mass is 364 g/mol. The van der Waals surface area contributed by atoms with Crippen molar-refractivity contribution in [2.75, 3.05) is 31.1 Å². The van der Waals surface area contributed by atoms with Crippen LogP contribution in [0.25, 0.3) is 10.8 Å². The molecule has 4 rings (SSSR count). The first-order valence-corrected chi connectivity index (χ1v) is 9.66. The van der Waals surface area contributed by atoms with Crippen LogP contribution in [-0.4, -0.2) is 36.1 Å². The van der Waals surface area contributed by atoms with Gasteiger partial charge in [0.1, 0.15) is 12.3 Å². The maximum atomic E-state index is 9.34. The largest absolute Gasteiger partial charge is 0.444 e. The number of oxazole rings is 1. The summed E-state index contributed by atoms with van der Waals surface area (Å²) in [7, 11) is 0. The standard InChI is InChI=1S/C20H20N4OS/c21-13-16-5-1-2-6-18(16)24-9-4-8-23(10-11-24)14-17-15-25-20(22-17)19-7-3-12-26-19/h1-3,5-7,12,15H,4,8-11,14H2. The molecule has 0 radical (unpaired) electrons. The second-order valence-corrected chi connectivity index (χ2v) is 7.31. The van der Waals surface area contributed by atoms with Gasteiger partial charge in [-0.05, 0) is 30.0 Å². The Kier molecular flexibility index (Phi) is 5.00. The van der Waals surface area contributed by atoms with Gasteiger partial charge in [-0.3, -0.25) is 4.90 Å². The highest BCUT2D eigenvalue weighted by Crippen LogP contribution is 2.25. The van der Waals surface area contributed by atoms with Crippen LogP contribution in [0, 0.1) is 11.3 Å². The van der Waals surface area contributed by atoms with Crippen LogP contribution in [0.15, 0.2) is 52.5 Å². The van der Waals surface area contributed by atoms with Gasteiger partial charge in [0.2, 0.25) is 5.89 Å². The molecule has 1 aliphatic rings. The molecule has 0 saturated carbocycles. The van der Waals surface area contributed by atoms with Gasteiger partial charge in [0.15, 0.2) is 0 Å². The van der Waals surface area contributed by atoms with Crippen molar-refractivity contribution in [2.24, 2.45) is 0 Å². The molecular formula is C20H20N4OS. The van der Waals surface area contributed by atoms with E-state index in [0.29, 0.717) is 5.89 Å². The minimum Gasteiger partial charge on any atom is -0.444 e. The second-order valence-electron chi connectivity index (χ2n) is 6.37. The molecule has 26 heavy (non-hydrogen) atoms. The summed E-state index contributed by atoms with van der Waals surface area (Å²) < 4.78 is 5.63. The Morgan fingerprint density at radius 1 is 1.12 bits per heavy atom. The first kappa shape index (κ1) is 16.8. The molecule has 1 fully saturated rings. The van der Waals surface area contributed by atoms with E-state index in [1.54, 1.807) is 17.6 Å². The van der Waals surface area contributed by atoms with Crippen molar-refractivity contribution >= 4 is 17.0 Å². The number of benzene rings is 1. The Morgan fingerprint density at radius 3 is 2.88 bits per heavy atom. The third-order valence-electron chi connectivity index (χ3n) is 4.62. The third kappa shape index (κ3) is 3.64. The van der Waals surface area contributed by atoms with Gasteiger partial charge in [-0.1, -0.05) is 18.2 Å². The van der Waals surface area contributed by atoms with Crippen LogP contribution in [0.5, 0.6) is 0 Å². The molecule has 0 aliphatic carbocycles. The fourth-order valence-electron chi connectivity index (χ4n) is 3.34. The Labute approximate surface area is 157 Å². The molecule has 2 aromatic heterocycles. The molecular weight excluding hydrogens is 344 g/mol. The molecule has 5 nitrogen and oxygen atoms in total. The number of hydrogen-bond donors (Lipinski definition) is 0. The molecule has 6 heteroatoms. The minimum absolute atomic E-state index is 0.703. The maximum Gasteiger partial charge on any atom is 0.236 e. The molecule has 1 aromatic carbocycles. The Balaban J connectivity index is 1.41. The van der Waals surface area contributed by atoms with E-state index in [1.165, 1.54) is 0 Å². The van der Waals surface area contributed by atoms with Gasteiger partial charge in [0.25, 0.3) is 0 Å². The first-order valence-electron chi connectivity index (χ1n) is 8.78. The van der Waals surface area contributed by atoms with E-state index in [9.17, 15) is 5.26 Å². The van der Waals surface area contributed by atoms with Gasteiger partial charge in [-0.15, -0.1) is 11.3 Å². The lowest BCUT2D eigenvalue weighted by atomic mass is 10.1. The van der Waals surface area contributed by atoms with Gasteiger partial charge < -0.3 is 9.32 Å². The van der Waals surface area contributed by atoms with Gasteiger partial charge in [0.05, 0.1) is 21.8 Å². The summed E-state index contributed by atoms with van der Waals surface area (Å²) in [6.07, 6.45) is 2.83. The van der Waals surface area contributed by atoms with E-state index in [4.69, 9.17) is 4.42 Å². The number of nitriles is 1. The zero-order valence-corrected chi connectivity index (χ0v) is 15.3. The Hall–Kier alpha value is -2.62. The fraction of sp³-hybridized carbons (Fsp3) is 0.300. The molecule has 1 aliphatic heterocycles. The van der Waals surface area contributed by atoms with Crippen LogP contribution < -0.4 is 4.90 Å². The number of aromatic nitrogens is 1. The fourth-order valence-corrected chi connectivity index (χ4v) is 3.99. The van der Waals surface area contributed by atoms with Crippen LogP contribution in [0.4, 0.5) is 5.69 Å². The van der Waals surface area contributed by atoms with Crippen LogP contribution in [-0.2, 0) is 6.54 Å².